The lowest BCUT2D eigenvalue weighted by atomic mass is 10.1. The molecule has 1 atom stereocenters. The van der Waals surface area contributed by atoms with Gasteiger partial charge in [0.2, 0.25) is 5.91 Å². The number of amides is 1. The number of hydrogen-bond acceptors (Lipinski definition) is 3. The van der Waals surface area contributed by atoms with Crippen LogP contribution in [-0.2, 0) is 4.79 Å². The molecule has 0 radical (unpaired) electrons. The molecule has 2 N–H and O–H groups in total. The number of aryl methyl sites for hydroxylation is 2. The van der Waals surface area contributed by atoms with Gasteiger partial charge in [0.1, 0.15) is 0 Å². The fourth-order valence-electron chi connectivity index (χ4n) is 3.52. The highest BCUT2D eigenvalue weighted by Crippen LogP contribution is 2.34. The summed E-state index contributed by atoms with van der Waals surface area (Å²) in [6, 6.07) is 26.3. The number of anilines is 1. The maximum Gasteiger partial charge on any atom is 0.237 e. The number of H-pyrrole nitrogens is 1. The fourth-order valence-corrected chi connectivity index (χ4v) is 4.43. The third kappa shape index (κ3) is 4.94. The molecule has 0 saturated heterocycles. The largest absolute Gasteiger partial charge is 0.332 e. The zero-order chi connectivity index (χ0) is 22.5. The zero-order valence-corrected chi connectivity index (χ0v) is 19.4. The molecule has 1 amide bonds. The molecular formula is C27H27N3OS. The Morgan fingerprint density at radius 2 is 1.59 bits per heavy atom. The number of carbonyl (C=O) groups excluding carboxylic acids is 1. The first kappa shape index (κ1) is 21.9. The molecular weight excluding hydrogens is 414 g/mol. The number of benzene rings is 3. The third-order valence-corrected chi connectivity index (χ3v) is 6.73. The Bertz CT molecular complexity index is 1150. The van der Waals surface area contributed by atoms with Gasteiger partial charge in [0, 0.05) is 16.8 Å². The van der Waals surface area contributed by atoms with Crippen LogP contribution in [0.3, 0.4) is 0 Å². The standard InChI is InChI=1S/C27H27N3OS/c1-4-23(26(31)28-22-16-15-18(2)19(3)17-22)32-27-29-24(20-11-7-5-8-12-20)25(30-27)21-13-9-6-10-14-21/h5-17,23H,4H2,1-3H3,(H,28,31)(H,29,30). The second-order valence-corrected chi connectivity index (χ2v) is 8.99. The number of rotatable bonds is 7. The van der Waals surface area contributed by atoms with E-state index >= 15 is 0 Å². The summed E-state index contributed by atoms with van der Waals surface area (Å²) in [5.41, 5.74) is 7.16. The number of nitrogens with zero attached hydrogens (tertiary/aromatic N) is 1. The summed E-state index contributed by atoms with van der Waals surface area (Å²) in [4.78, 5) is 21.4. The van der Waals surface area contributed by atoms with Gasteiger partial charge in [-0.3, -0.25) is 4.79 Å². The van der Waals surface area contributed by atoms with E-state index in [1.54, 1.807) is 0 Å². The Morgan fingerprint density at radius 1 is 0.938 bits per heavy atom. The van der Waals surface area contributed by atoms with Gasteiger partial charge in [-0.15, -0.1) is 0 Å². The van der Waals surface area contributed by atoms with Gasteiger partial charge in [0.25, 0.3) is 0 Å². The van der Waals surface area contributed by atoms with Crippen molar-refractivity contribution < 1.29 is 4.79 Å². The number of aromatic amines is 1. The molecule has 0 spiro atoms. The summed E-state index contributed by atoms with van der Waals surface area (Å²) in [6.07, 6.45) is 0.698. The lowest BCUT2D eigenvalue weighted by Gasteiger charge is -2.14. The third-order valence-electron chi connectivity index (χ3n) is 5.48. The van der Waals surface area contributed by atoms with E-state index in [1.807, 2.05) is 61.5 Å². The summed E-state index contributed by atoms with van der Waals surface area (Å²) in [7, 11) is 0. The fraction of sp³-hybridized carbons (Fsp3) is 0.185. The minimum atomic E-state index is -0.255. The Morgan fingerprint density at radius 3 is 2.22 bits per heavy atom. The van der Waals surface area contributed by atoms with Gasteiger partial charge in [-0.25, -0.2) is 4.98 Å². The van der Waals surface area contributed by atoms with Crippen LogP contribution in [0.25, 0.3) is 22.5 Å². The van der Waals surface area contributed by atoms with Crippen LogP contribution in [0.15, 0.2) is 84.0 Å². The number of thioether (sulfide) groups is 1. The second kappa shape index (κ2) is 9.88. The lowest BCUT2D eigenvalue weighted by molar-refractivity contribution is -0.115. The first-order valence-electron chi connectivity index (χ1n) is 10.8. The van der Waals surface area contributed by atoms with Gasteiger partial charge < -0.3 is 10.3 Å². The average molecular weight is 442 g/mol. The predicted octanol–water partition coefficient (Wildman–Crippen LogP) is 6.87. The summed E-state index contributed by atoms with van der Waals surface area (Å²) < 4.78 is 0. The zero-order valence-electron chi connectivity index (χ0n) is 18.6. The van der Waals surface area contributed by atoms with Crippen LogP contribution in [0.4, 0.5) is 5.69 Å². The Kier molecular flexibility index (Phi) is 6.76. The van der Waals surface area contributed by atoms with Gasteiger partial charge in [0.05, 0.1) is 16.6 Å². The molecule has 1 unspecified atom stereocenters. The summed E-state index contributed by atoms with van der Waals surface area (Å²) >= 11 is 1.47. The number of imidazole rings is 1. The molecule has 162 valence electrons. The van der Waals surface area contributed by atoms with E-state index in [9.17, 15) is 4.79 Å². The molecule has 4 nitrogen and oxygen atoms in total. The molecule has 1 aromatic heterocycles. The summed E-state index contributed by atoms with van der Waals surface area (Å²) in [6.45, 7) is 6.14. The van der Waals surface area contributed by atoms with E-state index in [-0.39, 0.29) is 11.2 Å². The van der Waals surface area contributed by atoms with Crippen LogP contribution in [0.5, 0.6) is 0 Å². The van der Waals surface area contributed by atoms with Crippen LogP contribution in [0, 0.1) is 13.8 Å². The molecule has 0 aliphatic rings. The maximum atomic E-state index is 13.0. The van der Waals surface area contributed by atoms with E-state index in [1.165, 1.54) is 17.3 Å². The highest BCUT2D eigenvalue weighted by molar-refractivity contribution is 8.00. The SMILES string of the molecule is CCC(Sc1nc(-c2ccccc2)c(-c2ccccc2)[nH]1)C(=O)Nc1ccc(C)c(C)c1. The van der Waals surface area contributed by atoms with Crippen LogP contribution in [0.1, 0.15) is 24.5 Å². The van der Waals surface area contributed by atoms with Crippen molar-refractivity contribution in [1.29, 1.82) is 0 Å². The Hall–Kier alpha value is -3.31. The number of hydrogen-bond donors (Lipinski definition) is 2. The highest BCUT2D eigenvalue weighted by atomic mass is 32.2. The molecule has 0 aliphatic carbocycles. The molecule has 32 heavy (non-hydrogen) atoms. The second-order valence-electron chi connectivity index (χ2n) is 7.80. The normalized spacial score (nSPS) is 11.8. The van der Waals surface area contributed by atoms with Gasteiger partial charge in [-0.2, -0.15) is 0 Å². The van der Waals surface area contributed by atoms with Crippen molar-refractivity contribution in [3.05, 3.63) is 90.0 Å². The van der Waals surface area contributed by atoms with Crippen LogP contribution >= 0.6 is 11.8 Å². The monoisotopic (exact) mass is 441 g/mol. The van der Waals surface area contributed by atoms with E-state index in [0.29, 0.717) is 6.42 Å². The minimum Gasteiger partial charge on any atom is -0.332 e. The van der Waals surface area contributed by atoms with Gasteiger partial charge in [-0.05, 0) is 43.5 Å². The smallest absolute Gasteiger partial charge is 0.237 e. The van der Waals surface area contributed by atoms with Gasteiger partial charge in [0.15, 0.2) is 5.16 Å². The maximum absolute atomic E-state index is 13.0. The number of nitrogens with one attached hydrogen (secondary N) is 2. The van der Waals surface area contributed by atoms with Crippen LogP contribution in [-0.4, -0.2) is 21.1 Å². The van der Waals surface area contributed by atoms with Crippen molar-refractivity contribution in [2.45, 2.75) is 37.6 Å². The number of carbonyl (C=O) groups is 1. The van der Waals surface area contributed by atoms with Crippen LogP contribution in [0.2, 0.25) is 0 Å². The minimum absolute atomic E-state index is 0.0142. The quantitative estimate of drug-likeness (QED) is 0.308. The van der Waals surface area contributed by atoms with E-state index in [4.69, 9.17) is 4.98 Å². The van der Waals surface area contributed by atoms with E-state index in [0.717, 1.165) is 38.9 Å². The topological polar surface area (TPSA) is 57.8 Å². The van der Waals surface area contributed by atoms with Crippen LogP contribution < -0.4 is 5.32 Å². The van der Waals surface area contributed by atoms with Crippen molar-refractivity contribution in [1.82, 2.24) is 9.97 Å². The summed E-state index contributed by atoms with van der Waals surface area (Å²) in [5, 5.41) is 3.55. The predicted molar refractivity (Wildman–Crippen MR) is 134 cm³/mol. The first-order valence-corrected chi connectivity index (χ1v) is 11.7. The average Bonchev–Trinajstić information content (AvgIpc) is 3.25. The molecule has 0 saturated carbocycles. The molecule has 5 heteroatoms. The molecule has 4 rings (SSSR count). The van der Waals surface area contributed by atoms with Crippen molar-refractivity contribution in [3.8, 4) is 22.5 Å². The molecule has 0 fully saturated rings. The van der Waals surface area contributed by atoms with Crippen molar-refractivity contribution in [3.63, 3.8) is 0 Å². The molecule has 4 aromatic rings. The van der Waals surface area contributed by atoms with Crippen molar-refractivity contribution in [2.24, 2.45) is 0 Å². The number of aromatic nitrogens is 2. The molecule has 3 aromatic carbocycles. The molecule has 0 bridgehead atoms. The van der Waals surface area contributed by atoms with Crippen molar-refractivity contribution >= 4 is 23.4 Å². The molecule has 1 heterocycles. The first-order chi connectivity index (χ1) is 15.5. The Labute approximate surface area is 193 Å². The Balaban J connectivity index is 1.60. The van der Waals surface area contributed by atoms with E-state index < -0.39 is 0 Å². The lowest BCUT2D eigenvalue weighted by Crippen LogP contribution is -2.24. The van der Waals surface area contributed by atoms with Crippen molar-refractivity contribution in [2.75, 3.05) is 5.32 Å². The summed E-state index contributed by atoms with van der Waals surface area (Å²) in [5.74, 6) is -0.0142. The van der Waals surface area contributed by atoms with Gasteiger partial charge >= 0.3 is 0 Å². The molecule has 0 aliphatic heterocycles. The highest BCUT2D eigenvalue weighted by Gasteiger charge is 2.22. The van der Waals surface area contributed by atoms with Gasteiger partial charge in [-0.1, -0.05) is 85.4 Å². The van der Waals surface area contributed by atoms with E-state index in [2.05, 4.69) is 48.4 Å².